The zero-order valence-corrected chi connectivity index (χ0v) is 22.1. The van der Waals surface area contributed by atoms with Crippen molar-refractivity contribution in [2.24, 2.45) is 5.10 Å². The number of piperazine rings is 1. The molecule has 1 aliphatic carbocycles. The van der Waals surface area contributed by atoms with Crippen LogP contribution in [-0.2, 0) is 0 Å². The number of halogens is 1. The molecule has 2 aliphatic rings. The quantitative estimate of drug-likeness (QED) is 0.285. The van der Waals surface area contributed by atoms with Crippen molar-refractivity contribution in [2.75, 3.05) is 44.0 Å². The van der Waals surface area contributed by atoms with Crippen molar-refractivity contribution < 1.29 is 9.13 Å². The molecule has 11 heteroatoms. The fourth-order valence-corrected chi connectivity index (χ4v) is 5.44. The first-order chi connectivity index (χ1) is 17.4. The third-order valence-corrected chi connectivity index (χ3v) is 7.75. The summed E-state index contributed by atoms with van der Waals surface area (Å²) >= 11 is 6.78. The summed E-state index contributed by atoms with van der Waals surface area (Å²) in [5.74, 6) is -0.0437. The normalized spacial score (nSPS) is 18.7. The molecular formula is C25H29FN6O2S2. The number of thiophene rings is 1. The monoisotopic (exact) mass is 528 g/mol. The first-order valence-electron chi connectivity index (χ1n) is 11.9. The molecule has 5 rings (SSSR count). The minimum Gasteiger partial charge on any atom is -0.492 e. The Bertz CT molecular complexity index is 1370. The number of likely N-dealkylation sites (N-methyl/N-ethyl adjacent to an activating group) is 1. The van der Waals surface area contributed by atoms with E-state index < -0.39 is 5.82 Å². The minimum absolute atomic E-state index is 0.230. The van der Waals surface area contributed by atoms with Crippen LogP contribution in [0.25, 0.3) is 10.9 Å². The van der Waals surface area contributed by atoms with E-state index in [0.717, 1.165) is 24.4 Å². The number of hydrogen-bond acceptors (Lipinski definition) is 7. The maximum absolute atomic E-state index is 15.6. The lowest BCUT2D eigenvalue weighted by molar-refractivity contribution is 0.232. The van der Waals surface area contributed by atoms with Crippen molar-refractivity contribution >= 4 is 56.5 Å². The standard InChI is InChI=1S/C25H29FN6O2S2/c1-15-13-31(9-8-30(15)2)22-19(26)11-18-21(24(22)34-3)32(17-6-7-17)14-16(23(18)33)12-27-29-25(35)28-20-5-4-10-36-20/h4-5,10-12,14-15,17H,6-9,13H2,1-3H3,(H2,28,29,35)/b27-12+. The van der Waals surface area contributed by atoms with Gasteiger partial charge in [-0.05, 0) is 62.6 Å². The van der Waals surface area contributed by atoms with Crippen molar-refractivity contribution in [2.45, 2.75) is 31.8 Å². The van der Waals surface area contributed by atoms with Crippen LogP contribution < -0.4 is 25.8 Å². The van der Waals surface area contributed by atoms with Crippen LogP contribution in [0.3, 0.4) is 0 Å². The molecule has 1 atom stereocenters. The van der Waals surface area contributed by atoms with E-state index in [1.807, 2.05) is 27.0 Å². The number of pyridine rings is 1. The summed E-state index contributed by atoms with van der Waals surface area (Å²) in [6, 6.07) is 5.67. The van der Waals surface area contributed by atoms with Crippen LogP contribution in [0.4, 0.5) is 15.1 Å². The molecule has 8 nitrogen and oxygen atoms in total. The van der Waals surface area contributed by atoms with Gasteiger partial charge >= 0.3 is 0 Å². The van der Waals surface area contributed by atoms with E-state index in [1.165, 1.54) is 23.6 Å². The largest absolute Gasteiger partial charge is 0.492 e. The second-order valence-electron chi connectivity index (χ2n) is 9.27. The number of ether oxygens (including phenoxy) is 1. The highest BCUT2D eigenvalue weighted by Crippen LogP contribution is 2.43. The molecule has 3 aromatic rings. The maximum atomic E-state index is 15.6. The number of aromatic nitrogens is 1. The Labute approximate surface area is 218 Å². The highest BCUT2D eigenvalue weighted by atomic mass is 32.1. The lowest BCUT2D eigenvalue weighted by atomic mass is 10.1. The van der Waals surface area contributed by atoms with Crippen LogP contribution in [0.1, 0.15) is 31.4 Å². The first-order valence-corrected chi connectivity index (χ1v) is 13.2. The number of thiocarbonyl (C=S) groups is 1. The Hall–Kier alpha value is -3.02. The van der Waals surface area contributed by atoms with E-state index in [1.54, 1.807) is 13.3 Å². The molecule has 0 radical (unpaired) electrons. The van der Waals surface area contributed by atoms with Gasteiger partial charge in [0.2, 0.25) is 0 Å². The Balaban J connectivity index is 1.52. The first kappa shape index (κ1) is 24.7. The van der Waals surface area contributed by atoms with Crippen molar-refractivity contribution in [3.05, 3.63) is 51.4 Å². The molecule has 1 aliphatic heterocycles. The second-order valence-corrected chi connectivity index (χ2v) is 10.6. The second kappa shape index (κ2) is 10.2. The molecule has 1 unspecified atom stereocenters. The third-order valence-electron chi connectivity index (χ3n) is 6.77. The van der Waals surface area contributed by atoms with Gasteiger partial charge in [-0.15, -0.1) is 11.3 Å². The van der Waals surface area contributed by atoms with Crippen LogP contribution in [0.2, 0.25) is 0 Å². The summed E-state index contributed by atoms with van der Waals surface area (Å²) < 4.78 is 23.5. The van der Waals surface area contributed by atoms with Gasteiger partial charge in [0.1, 0.15) is 5.69 Å². The van der Waals surface area contributed by atoms with Gasteiger partial charge < -0.3 is 24.4 Å². The number of benzene rings is 1. The average molecular weight is 529 g/mol. The van der Waals surface area contributed by atoms with Crippen LogP contribution >= 0.6 is 23.6 Å². The Morgan fingerprint density at radius 1 is 1.36 bits per heavy atom. The van der Waals surface area contributed by atoms with Gasteiger partial charge in [-0.3, -0.25) is 10.2 Å². The molecule has 1 saturated heterocycles. The number of nitrogens with one attached hydrogen (secondary N) is 2. The van der Waals surface area contributed by atoms with E-state index in [0.29, 0.717) is 40.7 Å². The highest BCUT2D eigenvalue weighted by Gasteiger charge is 2.31. The van der Waals surface area contributed by atoms with Gasteiger partial charge in [0.25, 0.3) is 0 Å². The minimum atomic E-state index is -0.455. The number of methoxy groups -OCH3 is 1. The summed E-state index contributed by atoms with van der Waals surface area (Å²) in [5, 5.41) is 10.6. The topological polar surface area (TPSA) is 74.1 Å². The van der Waals surface area contributed by atoms with E-state index in [2.05, 4.69) is 34.7 Å². The zero-order chi connectivity index (χ0) is 25.4. The van der Waals surface area contributed by atoms with Crippen molar-refractivity contribution in [3.8, 4) is 5.75 Å². The smallest absolute Gasteiger partial charge is 0.198 e. The lowest BCUT2D eigenvalue weighted by Gasteiger charge is -2.39. The summed E-state index contributed by atoms with van der Waals surface area (Å²) in [6.45, 7) is 4.31. The predicted molar refractivity (Wildman–Crippen MR) is 149 cm³/mol. The highest BCUT2D eigenvalue weighted by molar-refractivity contribution is 7.80. The van der Waals surface area contributed by atoms with E-state index >= 15 is 4.39 Å². The van der Waals surface area contributed by atoms with Crippen molar-refractivity contribution in [1.29, 1.82) is 0 Å². The number of anilines is 2. The number of rotatable bonds is 6. The molecule has 2 fully saturated rings. The third kappa shape index (κ3) is 4.82. The average Bonchev–Trinajstić information content (AvgIpc) is 3.58. The lowest BCUT2D eigenvalue weighted by Crippen LogP contribution is -2.50. The fourth-order valence-electron chi connectivity index (χ4n) is 4.59. The molecule has 36 heavy (non-hydrogen) atoms. The van der Waals surface area contributed by atoms with E-state index in [9.17, 15) is 4.79 Å². The molecular weight excluding hydrogens is 499 g/mol. The van der Waals surface area contributed by atoms with Crippen molar-refractivity contribution in [1.82, 2.24) is 14.9 Å². The molecule has 1 aromatic carbocycles. The fraction of sp³-hybridized carbons (Fsp3) is 0.400. The molecule has 2 N–H and O–H groups in total. The molecule has 3 heterocycles. The van der Waals surface area contributed by atoms with Gasteiger partial charge in [-0.1, -0.05) is 0 Å². The number of hydrogen-bond donors (Lipinski definition) is 2. The van der Waals surface area contributed by atoms with Gasteiger partial charge in [0, 0.05) is 37.9 Å². The zero-order valence-electron chi connectivity index (χ0n) is 20.5. The maximum Gasteiger partial charge on any atom is 0.198 e. The molecule has 0 bridgehead atoms. The molecule has 2 aromatic heterocycles. The van der Waals surface area contributed by atoms with Crippen molar-refractivity contribution in [3.63, 3.8) is 0 Å². The molecule has 0 amide bonds. The Morgan fingerprint density at radius 2 is 2.17 bits per heavy atom. The summed E-state index contributed by atoms with van der Waals surface area (Å²) in [4.78, 5) is 17.7. The van der Waals surface area contributed by atoms with Crippen LogP contribution in [-0.4, -0.2) is 60.6 Å². The molecule has 190 valence electrons. The van der Waals surface area contributed by atoms with Gasteiger partial charge in [-0.2, -0.15) is 5.10 Å². The van der Waals surface area contributed by atoms with Gasteiger partial charge in [0.05, 0.1) is 34.8 Å². The SMILES string of the molecule is COc1c(N2CCN(C)C(C)C2)c(F)cc2c(=O)c(/C=N/NC(=S)Nc3cccs3)cn(C3CC3)c12. The van der Waals surface area contributed by atoms with Gasteiger partial charge in [-0.25, -0.2) is 4.39 Å². The molecule has 0 spiro atoms. The predicted octanol–water partition coefficient (Wildman–Crippen LogP) is 4.01. The number of hydrazone groups is 1. The van der Waals surface area contributed by atoms with E-state index in [4.69, 9.17) is 17.0 Å². The Morgan fingerprint density at radius 3 is 2.83 bits per heavy atom. The van der Waals surface area contributed by atoms with Crippen LogP contribution in [0.15, 0.2) is 39.7 Å². The summed E-state index contributed by atoms with van der Waals surface area (Å²) in [5.41, 5.74) is 3.84. The number of fused-ring (bicyclic) bond motifs is 1. The summed E-state index contributed by atoms with van der Waals surface area (Å²) in [6.07, 6.45) is 5.20. The summed E-state index contributed by atoms with van der Waals surface area (Å²) in [7, 11) is 3.61. The Kier molecular flexibility index (Phi) is 6.96. The molecule has 1 saturated carbocycles. The van der Waals surface area contributed by atoms with Crippen LogP contribution in [0, 0.1) is 5.82 Å². The van der Waals surface area contributed by atoms with Crippen LogP contribution in [0.5, 0.6) is 5.75 Å². The number of nitrogens with zero attached hydrogens (tertiary/aromatic N) is 4. The van der Waals surface area contributed by atoms with Gasteiger partial charge in [0.15, 0.2) is 22.1 Å². The van der Waals surface area contributed by atoms with E-state index in [-0.39, 0.29) is 22.9 Å².